The number of ether oxygens (including phenoxy) is 1. The summed E-state index contributed by atoms with van der Waals surface area (Å²) in [6.07, 6.45) is 1.78. The van der Waals surface area contributed by atoms with Gasteiger partial charge >= 0.3 is 5.63 Å². The molecule has 158 valence electrons. The second-order valence-electron chi connectivity index (χ2n) is 7.81. The summed E-state index contributed by atoms with van der Waals surface area (Å²) in [4.78, 5) is 28.5. The molecule has 0 saturated heterocycles. The van der Waals surface area contributed by atoms with E-state index in [0.717, 1.165) is 33.0 Å². The second-order valence-corrected chi connectivity index (χ2v) is 7.81. The van der Waals surface area contributed by atoms with Crippen LogP contribution in [0, 0.1) is 13.8 Å². The fourth-order valence-corrected chi connectivity index (χ4v) is 3.63. The summed E-state index contributed by atoms with van der Waals surface area (Å²) in [5, 5.41) is 4.65. The topological polar surface area (TPSA) is 84.3 Å². The van der Waals surface area contributed by atoms with E-state index in [1.165, 1.54) is 0 Å². The van der Waals surface area contributed by atoms with Crippen LogP contribution >= 0.6 is 0 Å². The Bertz CT molecular complexity index is 1380. The molecular formula is C25H24N2O4. The molecule has 0 aliphatic heterocycles. The number of aryl methyl sites for hydroxylation is 2. The van der Waals surface area contributed by atoms with Crippen molar-refractivity contribution in [1.29, 1.82) is 0 Å². The van der Waals surface area contributed by atoms with Crippen LogP contribution in [0.5, 0.6) is 5.75 Å². The first-order valence-corrected chi connectivity index (χ1v) is 10.0. The summed E-state index contributed by atoms with van der Waals surface area (Å²) in [6.45, 7) is 9.79. The van der Waals surface area contributed by atoms with Gasteiger partial charge in [0.1, 0.15) is 17.9 Å². The number of nitrogens with one attached hydrogen (secondary N) is 2. The minimum atomic E-state index is -0.513. The van der Waals surface area contributed by atoms with Gasteiger partial charge in [-0.1, -0.05) is 6.58 Å². The molecule has 0 aliphatic carbocycles. The Hall–Kier alpha value is -3.80. The van der Waals surface area contributed by atoms with Gasteiger partial charge in [-0.25, -0.2) is 4.79 Å². The molecule has 0 fully saturated rings. The molecule has 0 atom stereocenters. The number of aromatic nitrogens is 1. The van der Waals surface area contributed by atoms with Crippen molar-refractivity contribution in [2.45, 2.75) is 27.2 Å². The number of H-pyrrole nitrogens is 1. The molecule has 1 amide bonds. The van der Waals surface area contributed by atoms with E-state index < -0.39 is 5.63 Å². The van der Waals surface area contributed by atoms with Crippen LogP contribution in [0.4, 0.5) is 5.69 Å². The zero-order valence-corrected chi connectivity index (χ0v) is 17.8. The monoisotopic (exact) mass is 416 g/mol. The lowest BCUT2D eigenvalue weighted by Crippen LogP contribution is -2.20. The van der Waals surface area contributed by atoms with Gasteiger partial charge in [-0.2, -0.15) is 0 Å². The lowest BCUT2D eigenvalue weighted by molar-refractivity contribution is -0.115. The summed E-state index contributed by atoms with van der Waals surface area (Å²) >= 11 is 0. The van der Waals surface area contributed by atoms with Crippen molar-refractivity contribution in [2.75, 3.05) is 11.9 Å². The van der Waals surface area contributed by atoms with Crippen LogP contribution in [0.15, 0.2) is 64.0 Å². The average Bonchev–Trinajstić information content (AvgIpc) is 3.19. The number of benzene rings is 2. The number of carbonyl (C=O) groups excluding carboxylic acids is 1. The zero-order chi connectivity index (χ0) is 22.1. The van der Waals surface area contributed by atoms with Gasteiger partial charge in [-0.05, 0) is 68.3 Å². The van der Waals surface area contributed by atoms with Crippen molar-refractivity contribution in [2.24, 2.45) is 0 Å². The third kappa shape index (κ3) is 4.10. The Morgan fingerprint density at radius 2 is 1.97 bits per heavy atom. The van der Waals surface area contributed by atoms with Gasteiger partial charge in [0.15, 0.2) is 0 Å². The van der Waals surface area contributed by atoms with E-state index in [1.807, 2.05) is 63.4 Å². The molecule has 2 heterocycles. The molecule has 2 aromatic heterocycles. The van der Waals surface area contributed by atoms with Gasteiger partial charge in [0, 0.05) is 33.7 Å². The van der Waals surface area contributed by atoms with Crippen LogP contribution in [0.25, 0.3) is 21.9 Å². The summed E-state index contributed by atoms with van der Waals surface area (Å²) < 4.78 is 11.4. The SMILES string of the molecule is C=C(C)COc1ccc2c(C)c(CC(=O)Nc3ccc4[nH]ccc4c3)c(=O)oc2c1C. The summed E-state index contributed by atoms with van der Waals surface area (Å²) in [6, 6.07) is 11.2. The van der Waals surface area contributed by atoms with Crippen LogP contribution in [0.1, 0.15) is 23.6 Å². The fourth-order valence-electron chi connectivity index (χ4n) is 3.63. The molecular weight excluding hydrogens is 392 g/mol. The van der Waals surface area contributed by atoms with E-state index in [4.69, 9.17) is 9.15 Å². The fraction of sp³-hybridized carbons (Fsp3) is 0.200. The number of hydrogen-bond acceptors (Lipinski definition) is 4. The Morgan fingerprint density at radius 3 is 2.74 bits per heavy atom. The van der Waals surface area contributed by atoms with Crippen LogP contribution in [0.3, 0.4) is 0 Å². The summed E-state index contributed by atoms with van der Waals surface area (Å²) in [7, 11) is 0. The number of hydrogen-bond donors (Lipinski definition) is 2. The number of fused-ring (bicyclic) bond motifs is 2. The third-order valence-electron chi connectivity index (χ3n) is 5.30. The van der Waals surface area contributed by atoms with Gasteiger partial charge in [-0.3, -0.25) is 4.79 Å². The van der Waals surface area contributed by atoms with Gasteiger partial charge in [0.05, 0.1) is 12.0 Å². The first-order valence-electron chi connectivity index (χ1n) is 10.0. The highest BCUT2D eigenvalue weighted by molar-refractivity contribution is 5.96. The minimum Gasteiger partial charge on any atom is -0.489 e. The zero-order valence-electron chi connectivity index (χ0n) is 17.8. The molecule has 4 aromatic rings. The van der Waals surface area contributed by atoms with E-state index >= 15 is 0 Å². The minimum absolute atomic E-state index is 0.0672. The number of amides is 1. The van der Waals surface area contributed by atoms with E-state index in [1.54, 1.807) is 0 Å². The molecule has 0 aliphatic rings. The van der Waals surface area contributed by atoms with Gasteiger partial charge in [-0.15, -0.1) is 0 Å². The van der Waals surface area contributed by atoms with Crippen molar-refractivity contribution in [3.05, 3.63) is 81.9 Å². The van der Waals surface area contributed by atoms with Crippen molar-refractivity contribution < 1.29 is 13.9 Å². The molecule has 0 bridgehead atoms. The largest absolute Gasteiger partial charge is 0.489 e. The van der Waals surface area contributed by atoms with E-state index in [2.05, 4.69) is 16.9 Å². The molecule has 6 nitrogen and oxygen atoms in total. The number of anilines is 1. The van der Waals surface area contributed by atoms with Crippen LogP contribution in [-0.2, 0) is 11.2 Å². The van der Waals surface area contributed by atoms with Crippen molar-refractivity contribution in [3.8, 4) is 5.75 Å². The van der Waals surface area contributed by atoms with Gasteiger partial charge in [0.25, 0.3) is 0 Å². The molecule has 2 aromatic carbocycles. The Morgan fingerprint density at radius 1 is 1.16 bits per heavy atom. The average molecular weight is 416 g/mol. The maximum atomic E-state index is 12.7. The molecule has 0 spiro atoms. The number of aromatic amines is 1. The normalized spacial score (nSPS) is 11.1. The van der Waals surface area contributed by atoms with Gasteiger partial charge in [0.2, 0.25) is 5.91 Å². The maximum absolute atomic E-state index is 12.7. The second kappa shape index (κ2) is 8.14. The molecule has 4 rings (SSSR count). The lowest BCUT2D eigenvalue weighted by atomic mass is 10.0. The Kier molecular flexibility index (Phi) is 5.38. The smallest absolute Gasteiger partial charge is 0.340 e. The van der Waals surface area contributed by atoms with E-state index in [0.29, 0.717) is 29.2 Å². The highest BCUT2D eigenvalue weighted by atomic mass is 16.5. The predicted molar refractivity (Wildman–Crippen MR) is 123 cm³/mol. The molecule has 0 radical (unpaired) electrons. The van der Waals surface area contributed by atoms with Gasteiger partial charge < -0.3 is 19.5 Å². The molecule has 0 saturated carbocycles. The van der Waals surface area contributed by atoms with Crippen LogP contribution in [-0.4, -0.2) is 17.5 Å². The number of carbonyl (C=O) groups is 1. The lowest BCUT2D eigenvalue weighted by Gasteiger charge is -2.13. The first kappa shape index (κ1) is 20.5. The predicted octanol–water partition coefficient (Wildman–Crippen LogP) is 5.03. The quantitative estimate of drug-likeness (QED) is 0.341. The molecule has 31 heavy (non-hydrogen) atoms. The molecule has 6 heteroatoms. The highest BCUT2D eigenvalue weighted by Crippen LogP contribution is 2.30. The molecule has 0 unspecified atom stereocenters. The number of rotatable bonds is 6. The standard InChI is InChI=1S/C25H24N2O4/c1-14(2)13-30-22-8-6-19-15(3)20(25(29)31-24(19)16(22)4)12-23(28)27-18-5-7-21-17(11-18)9-10-26-21/h5-11,26H,1,12-13H2,2-4H3,(H,27,28). The van der Waals surface area contributed by atoms with Crippen LogP contribution < -0.4 is 15.7 Å². The summed E-state index contributed by atoms with van der Waals surface area (Å²) in [5.74, 6) is 0.367. The highest BCUT2D eigenvalue weighted by Gasteiger charge is 2.18. The maximum Gasteiger partial charge on any atom is 0.340 e. The van der Waals surface area contributed by atoms with Crippen LogP contribution in [0.2, 0.25) is 0 Å². The Balaban J connectivity index is 1.61. The van der Waals surface area contributed by atoms with Crippen molar-refractivity contribution in [3.63, 3.8) is 0 Å². The van der Waals surface area contributed by atoms with Crippen molar-refractivity contribution in [1.82, 2.24) is 4.98 Å². The van der Waals surface area contributed by atoms with Crippen molar-refractivity contribution >= 4 is 33.5 Å². The Labute approximate surface area is 179 Å². The van der Waals surface area contributed by atoms with E-state index in [9.17, 15) is 9.59 Å². The van der Waals surface area contributed by atoms with E-state index in [-0.39, 0.29) is 12.3 Å². The third-order valence-corrected chi connectivity index (χ3v) is 5.30. The molecule has 2 N–H and O–H groups in total. The summed E-state index contributed by atoms with van der Waals surface area (Å²) in [5.41, 5.74) is 4.36. The first-order chi connectivity index (χ1) is 14.8.